The molecule has 1 saturated carbocycles. The van der Waals surface area contributed by atoms with E-state index in [1.54, 1.807) is 6.07 Å². The predicted molar refractivity (Wildman–Crippen MR) is 97.8 cm³/mol. The van der Waals surface area contributed by atoms with Crippen molar-refractivity contribution in [2.75, 3.05) is 6.79 Å². The molecule has 26 heavy (non-hydrogen) atoms. The van der Waals surface area contributed by atoms with Crippen LogP contribution in [0, 0.1) is 11.3 Å². The third kappa shape index (κ3) is 4.48. The minimum atomic E-state index is -0.597. The van der Waals surface area contributed by atoms with E-state index in [4.69, 9.17) is 9.47 Å². The Morgan fingerprint density at radius 3 is 2.42 bits per heavy atom. The molecule has 2 aliphatic rings. The number of ether oxygens (including phenoxy) is 2. The number of carbonyl (C=O) groups excluding carboxylic acids is 2. The first-order chi connectivity index (χ1) is 12.3. The quantitative estimate of drug-likeness (QED) is 0.813. The summed E-state index contributed by atoms with van der Waals surface area (Å²) in [5, 5.41) is 5.54. The minimum Gasteiger partial charge on any atom is -0.454 e. The van der Waals surface area contributed by atoms with Crippen molar-refractivity contribution >= 4 is 11.8 Å². The van der Waals surface area contributed by atoms with Gasteiger partial charge < -0.3 is 20.1 Å². The van der Waals surface area contributed by atoms with Gasteiger partial charge in [0.2, 0.25) is 6.79 Å². The van der Waals surface area contributed by atoms with Crippen LogP contribution >= 0.6 is 0 Å². The highest BCUT2D eigenvalue weighted by molar-refractivity contribution is 6.35. The third-order valence-corrected chi connectivity index (χ3v) is 5.38. The van der Waals surface area contributed by atoms with E-state index < -0.39 is 11.8 Å². The molecule has 0 aromatic heterocycles. The van der Waals surface area contributed by atoms with Crippen molar-refractivity contribution in [3.63, 3.8) is 0 Å². The fraction of sp³-hybridized carbons (Fsp3) is 0.600. The number of hydrogen-bond donors (Lipinski definition) is 2. The zero-order chi connectivity index (χ0) is 18.7. The Morgan fingerprint density at radius 1 is 1.04 bits per heavy atom. The lowest BCUT2D eigenvalue weighted by Gasteiger charge is -2.37. The summed E-state index contributed by atoms with van der Waals surface area (Å²) in [6, 6.07) is 5.56. The maximum Gasteiger partial charge on any atom is 0.309 e. The molecule has 0 saturated heterocycles. The Hall–Kier alpha value is -2.24. The van der Waals surface area contributed by atoms with Crippen LogP contribution in [-0.4, -0.2) is 24.6 Å². The number of rotatable bonds is 3. The monoisotopic (exact) mass is 360 g/mol. The van der Waals surface area contributed by atoms with Crippen molar-refractivity contribution in [1.29, 1.82) is 0 Å². The van der Waals surface area contributed by atoms with E-state index in [1.165, 1.54) is 0 Å². The molecule has 0 spiro atoms. The van der Waals surface area contributed by atoms with E-state index in [2.05, 4.69) is 31.4 Å². The fourth-order valence-electron chi connectivity index (χ4n) is 3.67. The summed E-state index contributed by atoms with van der Waals surface area (Å²) >= 11 is 0. The minimum absolute atomic E-state index is 0.0948. The van der Waals surface area contributed by atoms with Gasteiger partial charge in [0.25, 0.3) is 0 Å². The van der Waals surface area contributed by atoms with Crippen molar-refractivity contribution in [3.05, 3.63) is 23.8 Å². The third-order valence-electron chi connectivity index (χ3n) is 5.38. The summed E-state index contributed by atoms with van der Waals surface area (Å²) in [5.41, 5.74) is 1.16. The molecular weight excluding hydrogens is 332 g/mol. The van der Waals surface area contributed by atoms with E-state index in [-0.39, 0.29) is 19.4 Å². The van der Waals surface area contributed by atoms with Gasteiger partial charge in [-0.1, -0.05) is 26.8 Å². The average molecular weight is 360 g/mol. The summed E-state index contributed by atoms with van der Waals surface area (Å²) in [5.74, 6) is 0.890. The Morgan fingerprint density at radius 2 is 1.73 bits per heavy atom. The molecule has 2 amide bonds. The molecule has 1 heterocycles. The van der Waals surface area contributed by atoms with Crippen LogP contribution in [0.1, 0.15) is 52.0 Å². The van der Waals surface area contributed by atoms with Crippen molar-refractivity contribution in [1.82, 2.24) is 10.6 Å². The van der Waals surface area contributed by atoms with Crippen molar-refractivity contribution in [2.45, 2.75) is 59.0 Å². The van der Waals surface area contributed by atoms with Gasteiger partial charge in [0.05, 0.1) is 0 Å². The second-order valence-corrected chi connectivity index (χ2v) is 8.26. The van der Waals surface area contributed by atoms with Crippen LogP contribution in [0.2, 0.25) is 0 Å². The second kappa shape index (κ2) is 7.56. The summed E-state index contributed by atoms with van der Waals surface area (Å²) < 4.78 is 10.6. The van der Waals surface area contributed by atoms with E-state index in [1.807, 2.05) is 12.1 Å². The van der Waals surface area contributed by atoms with Gasteiger partial charge in [-0.05, 0) is 54.7 Å². The molecule has 0 radical (unpaired) electrons. The molecule has 2 N–H and O–H groups in total. The first-order valence-electron chi connectivity index (χ1n) is 9.30. The Labute approximate surface area is 154 Å². The lowest BCUT2D eigenvalue weighted by atomic mass is 9.71. The number of amides is 2. The highest BCUT2D eigenvalue weighted by Crippen LogP contribution is 2.37. The number of hydrogen-bond acceptors (Lipinski definition) is 4. The van der Waals surface area contributed by atoms with Crippen molar-refractivity contribution in [3.8, 4) is 11.5 Å². The van der Waals surface area contributed by atoms with Gasteiger partial charge >= 0.3 is 11.8 Å². The number of benzene rings is 1. The van der Waals surface area contributed by atoms with Crippen LogP contribution in [0.4, 0.5) is 0 Å². The van der Waals surface area contributed by atoms with Crippen molar-refractivity contribution < 1.29 is 19.1 Å². The Kier molecular flexibility index (Phi) is 5.39. The van der Waals surface area contributed by atoms with E-state index in [0.29, 0.717) is 22.8 Å². The van der Waals surface area contributed by atoms with Gasteiger partial charge in [-0.15, -0.1) is 0 Å². The summed E-state index contributed by atoms with van der Waals surface area (Å²) in [6.07, 6.45) is 4.05. The number of carbonyl (C=O) groups is 2. The fourth-order valence-corrected chi connectivity index (χ4v) is 3.67. The van der Waals surface area contributed by atoms with E-state index >= 15 is 0 Å². The van der Waals surface area contributed by atoms with Gasteiger partial charge in [-0.2, -0.15) is 0 Å². The molecule has 1 aromatic rings. The smallest absolute Gasteiger partial charge is 0.309 e. The number of nitrogens with one attached hydrogen (secondary N) is 2. The van der Waals surface area contributed by atoms with Gasteiger partial charge in [0, 0.05) is 12.6 Å². The highest BCUT2D eigenvalue weighted by Gasteiger charge is 2.30. The van der Waals surface area contributed by atoms with Crippen LogP contribution in [0.15, 0.2) is 18.2 Å². The maximum atomic E-state index is 12.1. The zero-order valence-corrected chi connectivity index (χ0v) is 15.8. The lowest BCUT2D eigenvalue weighted by Crippen LogP contribution is -2.46. The Bertz CT molecular complexity index is 673. The standard InChI is InChI=1S/C20H28N2O4/c1-20(2,3)14-5-7-15(8-6-14)22-19(24)18(23)21-11-13-4-9-16-17(10-13)26-12-25-16/h4,9-10,14-15H,5-8,11-12H2,1-3H3,(H,21,23)(H,22,24). The molecule has 142 valence electrons. The van der Waals surface area contributed by atoms with Gasteiger partial charge in [-0.25, -0.2) is 0 Å². The van der Waals surface area contributed by atoms with Crippen LogP contribution in [0.5, 0.6) is 11.5 Å². The molecule has 6 nitrogen and oxygen atoms in total. The van der Waals surface area contributed by atoms with E-state index in [9.17, 15) is 9.59 Å². The summed E-state index contributed by atoms with van der Waals surface area (Å²) in [4.78, 5) is 24.2. The van der Waals surface area contributed by atoms with Crippen LogP contribution in [0.3, 0.4) is 0 Å². The highest BCUT2D eigenvalue weighted by atomic mass is 16.7. The summed E-state index contributed by atoms with van der Waals surface area (Å²) in [7, 11) is 0. The topological polar surface area (TPSA) is 76.7 Å². The predicted octanol–water partition coefficient (Wildman–Crippen LogP) is 2.75. The largest absolute Gasteiger partial charge is 0.454 e. The molecule has 0 unspecified atom stereocenters. The molecule has 6 heteroatoms. The molecular formula is C20H28N2O4. The first-order valence-corrected chi connectivity index (χ1v) is 9.30. The van der Waals surface area contributed by atoms with Gasteiger partial charge in [-0.3, -0.25) is 9.59 Å². The normalized spacial score (nSPS) is 22.0. The van der Waals surface area contributed by atoms with Gasteiger partial charge in [0.1, 0.15) is 0 Å². The molecule has 1 fully saturated rings. The van der Waals surface area contributed by atoms with Gasteiger partial charge in [0.15, 0.2) is 11.5 Å². The van der Waals surface area contributed by atoms with Crippen LogP contribution in [0.25, 0.3) is 0 Å². The molecule has 1 aromatic carbocycles. The van der Waals surface area contributed by atoms with Crippen LogP contribution < -0.4 is 20.1 Å². The molecule has 1 aliphatic heterocycles. The first kappa shape index (κ1) is 18.5. The zero-order valence-electron chi connectivity index (χ0n) is 15.8. The molecule has 0 atom stereocenters. The summed E-state index contributed by atoms with van der Waals surface area (Å²) in [6.45, 7) is 7.28. The second-order valence-electron chi connectivity index (χ2n) is 8.26. The molecule has 3 rings (SSSR count). The Balaban J connectivity index is 1.43. The SMILES string of the molecule is CC(C)(C)C1CCC(NC(=O)C(=O)NCc2ccc3c(c2)OCO3)CC1. The van der Waals surface area contributed by atoms with Crippen molar-refractivity contribution in [2.24, 2.45) is 11.3 Å². The molecule has 1 aliphatic carbocycles. The lowest BCUT2D eigenvalue weighted by molar-refractivity contribution is -0.139. The van der Waals surface area contributed by atoms with Crippen LogP contribution in [-0.2, 0) is 16.1 Å². The average Bonchev–Trinajstić information content (AvgIpc) is 3.07. The molecule has 0 bridgehead atoms. The number of fused-ring (bicyclic) bond motifs is 1. The maximum absolute atomic E-state index is 12.1. The van der Waals surface area contributed by atoms with E-state index in [0.717, 1.165) is 31.2 Å².